The normalized spacial score (nSPS) is 21.2. The zero-order valence-corrected chi connectivity index (χ0v) is 15.4. The van der Waals surface area contributed by atoms with Crippen molar-refractivity contribution in [3.63, 3.8) is 0 Å². The molecule has 3 heteroatoms. The van der Waals surface area contributed by atoms with Gasteiger partial charge in [-0.15, -0.1) is 0 Å². The fraction of sp³-hybridized carbons (Fsp3) is 0.435. The molecule has 26 heavy (non-hydrogen) atoms. The zero-order chi connectivity index (χ0) is 17.8. The van der Waals surface area contributed by atoms with Crippen LogP contribution in [-0.2, 0) is 17.8 Å². The van der Waals surface area contributed by atoms with Crippen molar-refractivity contribution in [1.29, 1.82) is 0 Å². The number of likely N-dealkylation sites (tertiary alicyclic amines) is 1. The van der Waals surface area contributed by atoms with E-state index < -0.39 is 0 Å². The Balaban J connectivity index is 1.30. The molecule has 2 aromatic rings. The number of carbonyl (C=O) groups excluding carboxylic acids is 1. The summed E-state index contributed by atoms with van der Waals surface area (Å²) in [7, 11) is 0. The van der Waals surface area contributed by atoms with E-state index >= 15 is 0 Å². The third-order valence-electron chi connectivity index (χ3n) is 5.89. The Bertz CT molecular complexity index is 735. The van der Waals surface area contributed by atoms with Crippen molar-refractivity contribution in [3.05, 3.63) is 71.3 Å². The van der Waals surface area contributed by atoms with E-state index in [1.54, 1.807) is 0 Å². The lowest BCUT2D eigenvalue weighted by Crippen LogP contribution is -2.41. The highest BCUT2D eigenvalue weighted by molar-refractivity contribution is 5.79. The van der Waals surface area contributed by atoms with Gasteiger partial charge in [0.05, 0.1) is 6.04 Å². The molecule has 1 saturated heterocycles. The second-order valence-corrected chi connectivity index (χ2v) is 7.69. The largest absolute Gasteiger partial charge is 0.349 e. The summed E-state index contributed by atoms with van der Waals surface area (Å²) in [5.74, 6) is 0.419. The lowest BCUT2D eigenvalue weighted by Gasteiger charge is -2.33. The molecule has 4 rings (SSSR count). The Morgan fingerprint density at radius 3 is 2.50 bits per heavy atom. The average molecular weight is 348 g/mol. The van der Waals surface area contributed by atoms with Gasteiger partial charge in [-0.25, -0.2) is 0 Å². The van der Waals surface area contributed by atoms with Crippen LogP contribution >= 0.6 is 0 Å². The van der Waals surface area contributed by atoms with Crippen molar-refractivity contribution in [2.45, 2.75) is 44.7 Å². The molecule has 0 spiro atoms. The van der Waals surface area contributed by atoms with Crippen molar-refractivity contribution >= 4 is 5.91 Å². The standard InChI is InChI=1S/C23H28N2O/c26-23(24-22-12-6-10-19-9-4-5-11-21(19)22)20-13-15-25(16-14-20)17-18-7-2-1-3-8-18/h1-5,7-9,11,20,22H,6,10,12-17H2,(H,24,26)/t22-/m0/s1. The molecule has 3 nitrogen and oxygen atoms in total. The maximum atomic E-state index is 12.8. The van der Waals surface area contributed by atoms with Gasteiger partial charge in [0.2, 0.25) is 5.91 Å². The van der Waals surface area contributed by atoms with Gasteiger partial charge in [0, 0.05) is 12.5 Å². The summed E-state index contributed by atoms with van der Waals surface area (Å²) < 4.78 is 0. The molecule has 0 bridgehead atoms. The summed E-state index contributed by atoms with van der Waals surface area (Å²) in [5.41, 5.74) is 4.09. The highest BCUT2D eigenvalue weighted by Crippen LogP contribution is 2.30. The van der Waals surface area contributed by atoms with Gasteiger partial charge < -0.3 is 5.32 Å². The van der Waals surface area contributed by atoms with Crippen LogP contribution in [0.1, 0.15) is 48.4 Å². The molecule has 1 heterocycles. The predicted octanol–water partition coefficient (Wildman–Crippen LogP) is 4.09. The summed E-state index contributed by atoms with van der Waals surface area (Å²) >= 11 is 0. The number of aryl methyl sites for hydroxylation is 1. The molecule has 1 fully saturated rings. The molecule has 1 amide bonds. The number of piperidine rings is 1. The second kappa shape index (κ2) is 8.05. The highest BCUT2D eigenvalue weighted by atomic mass is 16.1. The zero-order valence-electron chi connectivity index (χ0n) is 15.4. The summed E-state index contributed by atoms with van der Waals surface area (Å²) in [6.07, 6.45) is 5.30. The summed E-state index contributed by atoms with van der Waals surface area (Å²) in [5, 5.41) is 3.35. The van der Waals surface area contributed by atoms with Crippen molar-refractivity contribution in [3.8, 4) is 0 Å². The number of amides is 1. The van der Waals surface area contributed by atoms with E-state index in [9.17, 15) is 4.79 Å². The minimum absolute atomic E-state index is 0.163. The van der Waals surface area contributed by atoms with E-state index in [0.717, 1.165) is 51.7 Å². The summed E-state index contributed by atoms with van der Waals surface area (Å²) in [6, 6.07) is 19.4. The van der Waals surface area contributed by atoms with Crippen LogP contribution in [0.15, 0.2) is 54.6 Å². The van der Waals surface area contributed by atoms with E-state index in [4.69, 9.17) is 0 Å². The van der Waals surface area contributed by atoms with Crippen LogP contribution in [-0.4, -0.2) is 23.9 Å². The number of nitrogens with one attached hydrogen (secondary N) is 1. The van der Waals surface area contributed by atoms with Gasteiger partial charge >= 0.3 is 0 Å². The summed E-state index contributed by atoms with van der Waals surface area (Å²) in [6.45, 7) is 3.01. The SMILES string of the molecule is O=C(N[C@H]1CCCc2ccccc21)C1CCN(Cc2ccccc2)CC1. The van der Waals surface area contributed by atoms with E-state index in [1.165, 1.54) is 16.7 Å². The van der Waals surface area contributed by atoms with Crippen LogP contribution in [0.4, 0.5) is 0 Å². The minimum Gasteiger partial charge on any atom is -0.349 e. The number of fused-ring (bicyclic) bond motifs is 1. The molecular formula is C23H28N2O. The Labute approximate surface area is 156 Å². The van der Waals surface area contributed by atoms with Crippen molar-refractivity contribution in [1.82, 2.24) is 10.2 Å². The quantitative estimate of drug-likeness (QED) is 0.902. The molecule has 1 N–H and O–H groups in total. The van der Waals surface area contributed by atoms with Gasteiger partial charge in [-0.1, -0.05) is 54.6 Å². The third-order valence-corrected chi connectivity index (χ3v) is 5.89. The molecule has 1 aliphatic heterocycles. The van der Waals surface area contributed by atoms with Gasteiger partial charge in [0.1, 0.15) is 0 Å². The Morgan fingerprint density at radius 1 is 0.962 bits per heavy atom. The van der Waals surface area contributed by atoms with E-state index in [2.05, 4.69) is 64.8 Å². The molecule has 0 saturated carbocycles. The van der Waals surface area contributed by atoms with Crippen LogP contribution in [0.2, 0.25) is 0 Å². The van der Waals surface area contributed by atoms with Crippen LogP contribution < -0.4 is 5.32 Å². The lowest BCUT2D eigenvalue weighted by atomic mass is 9.87. The monoisotopic (exact) mass is 348 g/mol. The predicted molar refractivity (Wildman–Crippen MR) is 105 cm³/mol. The first-order valence-electron chi connectivity index (χ1n) is 9.94. The molecular weight excluding hydrogens is 320 g/mol. The number of hydrogen-bond acceptors (Lipinski definition) is 2. The average Bonchev–Trinajstić information content (AvgIpc) is 2.70. The summed E-state index contributed by atoms with van der Waals surface area (Å²) in [4.78, 5) is 15.3. The number of carbonyl (C=O) groups is 1. The van der Waals surface area contributed by atoms with Crippen LogP contribution in [0.5, 0.6) is 0 Å². The lowest BCUT2D eigenvalue weighted by molar-refractivity contribution is -0.127. The topological polar surface area (TPSA) is 32.3 Å². The molecule has 2 aliphatic rings. The maximum absolute atomic E-state index is 12.8. The molecule has 0 unspecified atom stereocenters. The minimum atomic E-state index is 0.163. The molecule has 0 aromatic heterocycles. The van der Waals surface area contributed by atoms with Crippen LogP contribution in [0.3, 0.4) is 0 Å². The number of benzene rings is 2. The van der Waals surface area contributed by atoms with Crippen molar-refractivity contribution in [2.24, 2.45) is 5.92 Å². The van der Waals surface area contributed by atoms with Gasteiger partial charge in [0.15, 0.2) is 0 Å². The maximum Gasteiger partial charge on any atom is 0.223 e. The van der Waals surface area contributed by atoms with Crippen LogP contribution in [0, 0.1) is 5.92 Å². The second-order valence-electron chi connectivity index (χ2n) is 7.69. The third kappa shape index (κ3) is 3.99. The Morgan fingerprint density at radius 2 is 1.69 bits per heavy atom. The number of rotatable bonds is 4. The van der Waals surface area contributed by atoms with E-state index in [1.807, 2.05) is 0 Å². The van der Waals surface area contributed by atoms with E-state index in [-0.39, 0.29) is 17.9 Å². The highest BCUT2D eigenvalue weighted by Gasteiger charge is 2.28. The molecule has 1 atom stereocenters. The van der Waals surface area contributed by atoms with Gasteiger partial charge in [-0.2, -0.15) is 0 Å². The van der Waals surface area contributed by atoms with Gasteiger partial charge in [-0.05, 0) is 61.9 Å². The van der Waals surface area contributed by atoms with E-state index in [0.29, 0.717) is 0 Å². The molecule has 2 aromatic carbocycles. The van der Waals surface area contributed by atoms with Gasteiger partial charge in [0.25, 0.3) is 0 Å². The number of hydrogen-bond donors (Lipinski definition) is 1. The molecule has 1 aliphatic carbocycles. The Kier molecular flexibility index (Phi) is 5.35. The van der Waals surface area contributed by atoms with Crippen molar-refractivity contribution < 1.29 is 4.79 Å². The smallest absolute Gasteiger partial charge is 0.223 e. The first-order chi connectivity index (χ1) is 12.8. The van der Waals surface area contributed by atoms with Gasteiger partial charge in [-0.3, -0.25) is 9.69 Å². The van der Waals surface area contributed by atoms with Crippen molar-refractivity contribution in [2.75, 3.05) is 13.1 Å². The fourth-order valence-corrected chi connectivity index (χ4v) is 4.39. The molecule has 0 radical (unpaired) electrons. The molecule has 136 valence electrons. The number of nitrogens with zero attached hydrogens (tertiary/aromatic N) is 1. The Hall–Kier alpha value is -2.13. The fourth-order valence-electron chi connectivity index (χ4n) is 4.39. The van der Waals surface area contributed by atoms with Crippen LogP contribution in [0.25, 0.3) is 0 Å². The first-order valence-corrected chi connectivity index (χ1v) is 9.94. The first kappa shape index (κ1) is 17.3.